The largest absolute Gasteiger partial charge is 0.342 e. The third kappa shape index (κ3) is 8.01. The molecule has 0 spiro atoms. The van der Waals surface area contributed by atoms with E-state index in [2.05, 4.69) is 25.9 Å². The number of hydrogen-bond donors (Lipinski definition) is 4. The fourth-order valence-electron chi connectivity index (χ4n) is 6.67. The highest BCUT2D eigenvalue weighted by Crippen LogP contribution is 2.51. The Kier molecular flexibility index (Phi) is 10.6. The first-order valence-electron chi connectivity index (χ1n) is 16.9. The maximum atomic E-state index is 15.7. The van der Waals surface area contributed by atoms with Crippen LogP contribution in [0.3, 0.4) is 0 Å². The average Bonchev–Trinajstić information content (AvgIpc) is 4.00. The normalized spacial score (nSPS) is 21.1. The van der Waals surface area contributed by atoms with E-state index >= 15 is 4.39 Å². The molecule has 0 unspecified atom stereocenters. The van der Waals surface area contributed by atoms with Crippen LogP contribution in [-0.2, 0) is 20.9 Å². The second kappa shape index (κ2) is 14.5. The topological polar surface area (TPSA) is 155 Å². The first-order valence-corrected chi connectivity index (χ1v) is 16.9. The van der Waals surface area contributed by atoms with E-state index in [4.69, 9.17) is 5.73 Å². The number of nitrogens with one attached hydrogen (secondary N) is 3. The molecule has 3 aliphatic rings. The number of amides is 4. The summed E-state index contributed by atoms with van der Waals surface area (Å²) in [6.07, 6.45) is 5.56. The van der Waals surface area contributed by atoms with Gasteiger partial charge >= 0.3 is 0 Å². The number of rotatable bonds is 13. The number of likely N-dealkylation sites (N-methyl/N-ethyl adjacent to an activating group) is 1. The zero-order valence-electron chi connectivity index (χ0n) is 28.0. The van der Waals surface area contributed by atoms with Gasteiger partial charge in [0.1, 0.15) is 23.6 Å². The number of hydrogen-bond acceptors (Lipinski definition) is 7. The van der Waals surface area contributed by atoms with Crippen LogP contribution in [0, 0.1) is 23.6 Å². The van der Waals surface area contributed by atoms with E-state index in [0.717, 1.165) is 25.7 Å². The Bertz CT molecular complexity index is 1460. The molecule has 3 fully saturated rings. The molecular formula is C34H49FN8O4. The number of aromatic nitrogens is 2. The molecule has 1 aromatic carbocycles. The van der Waals surface area contributed by atoms with Crippen molar-refractivity contribution >= 4 is 29.3 Å². The van der Waals surface area contributed by atoms with E-state index in [-0.39, 0.29) is 29.5 Å². The minimum Gasteiger partial charge on any atom is -0.342 e. The van der Waals surface area contributed by atoms with E-state index in [1.54, 1.807) is 41.8 Å². The van der Waals surface area contributed by atoms with Crippen LogP contribution < -0.4 is 21.7 Å². The molecule has 1 aromatic heterocycles. The van der Waals surface area contributed by atoms with Crippen LogP contribution >= 0.6 is 0 Å². The van der Waals surface area contributed by atoms with Crippen LogP contribution in [0.2, 0.25) is 0 Å². The summed E-state index contributed by atoms with van der Waals surface area (Å²) in [6, 6.07) is 3.56. The van der Waals surface area contributed by atoms with Crippen molar-refractivity contribution in [1.29, 1.82) is 0 Å². The second-order valence-electron chi connectivity index (χ2n) is 13.6. The van der Waals surface area contributed by atoms with Crippen LogP contribution in [0.25, 0.3) is 0 Å². The molecule has 2 aromatic rings. The monoisotopic (exact) mass is 652 g/mol. The standard InChI is InChI=1S/C34H49FN8O4/c1-6-43-27(13-14-37-43)32(45)40-30(28(22-7-8-22)23-9-10-23)33(46)38-26-12-11-24(17-25(26)35)20(3)29(39-31(44)21(4)36)34(47)42-16-15-41(5)19(2)18-42/h11-14,17,19-23,28-30H,6-10,15-16,18,36H2,1-5H3,(H,38,46)(H,39,44)(H,40,45)/t19-,20+,21+,29-,30+/m1/s1. The van der Waals surface area contributed by atoms with Crippen molar-refractivity contribution in [3.63, 3.8) is 0 Å². The molecule has 2 heterocycles. The number of carbonyl (C=O) groups excluding carboxylic acids is 4. The van der Waals surface area contributed by atoms with Crippen molar-refractivity contribution in [1.82, 2.24) is 30.2 Å². The highest BCUT2D eigenvalue weighted by atomic mass is 19.1. The zero-order valence-corrected chi connectivity index (χ0v) is 28.0. The minimum atomic E-state index is -0.960. The highest BCUT2D eigenvalue weighted by Gasteiger charge is 2.48. The van der Waals surface area contributed by atoms with Gasteiger partial charge < -0.3 is 31.5 Å². The molecule has 47 heavy (non-hydrogen) atoms. The molecule has 5 rings (SSSR count). The molecule has 0 radical (unpaired) electrons. The van der Waals surface area contributed by atoms with Gasteiger partial charge in [-0.1, -0.05) is 13.0 Å². The summed E-state index contributed by atoms with van der Waals surface area (Å²) in [5.74, 6) is -2.20. The Balaban J connectivity index is 1.34. The van der Waals surface area contributed by atoms with Gasteiger partial charge in [0.05, 0.1) is 11.7 Å². The summed E-state index contributed by atoms with van der Waals surface area (Å²) in [5.41, 5.74) is 6.65. The molecule has 256 valence electrons. The minimum absolute atomic E-state index is 0.0236. The number of nitrogens with zero attached hydrogens (tertiary/aromatic N) is 4. The van der Waals surface area contributed by atoms with Gasteiger partial charge in [-0.3, -0.25) is 23.9 Å². The van der Waals surface area contributed by atoms with Gasteiger partial charge in [-0.2, -0.15) is 5.10 Å². The summed E-state index contributed by atoms with van der Waals surface area (Å²) >= 11 is 0. The summed E-state index contributed by atoms with van der Waals surface area (Å²) in [5, 5.41) is 12.7. The lowest BCUT2D eigenvalue weighted by molar-refractivity contribution is -0.139. The lowest BCUT2D eigenvalue weighted by Gasteiger charge is -2.40. The average molecular weight is 653 g/mol. The number of piperazine rings is 1. The summed E-state index contributed by atoms with van der Waals surface area (Å²) in [6.45, 7) is 9.45. The maximum Gasteiger partial charge on any atom is 0.270 e. The molecule has 5 atom stereocenters. The number of halogens is 1. The predicted octanol–water partition coefficient (Wildman–Crippen LogP) is 2.31. The maximum absolute atomic E-state index is 15.7. The van der Waals surface area contributed by atoms with Gasteiger partial charge in [0, 0.05) is 44.3 Å². The molecule has 2 saturated carbocycles. The molecule has 12 nitrogen and oxygen atoms in total. The number of nitrogens with two attached hydrogens (primary N) is 1. The van der Waals surface area contributed by atoms with Crippen LogP contribution in [0.15, 0.2) is 30.5 Å². The number of anilines is 1. The Hall–Kier alpha value is -3.84. The SMILES string of the molecule is CCn1nccc1C(=O)N[C@H](C(=O)Nc1ccc([C@H](C)[C@@H](NC(=O)[C@H](C)N)C(=O)N2CCN(C)[C@H](C)C2)cc1F)C(C1CC1)C1CC1. The van der Waals surface area contributed by atoms with Crippen molar-refractivity contribution in [2.24, 2.45) is 23.5 Å². The van der Waals surface area contributed by atoms with Crippen LogP contribution in [0.1, 0.15) is 75.3 Å². The number of aryl methyl sites for hydroxylation is 1. The first-order chi connectivity index (χ1) is 22.4. The summed E-state index contributed by atoms with van der Waals surface area (Å²) in [4.78, 5) is 57.5. The molecular weight excluding hydrogens is 603 g/mol. The van der Waals surface area contributed by atoms with E-state index in [9.17, 15) is 19.2 Å². The zero-order chi connectivity index (χ0) is 34.0. The molecule has 2 aliphatic carbocycles. The number of benzene rings is 1. The van der Waals surface area contributed by atoms with Gasteiger partial charge in [0.2, 0.25) is 17.7 Å². The Labute approximate surface area is 276 Å². The Morgan fingerprint density at radius 1 is 1.00 bits per heavy atom. The highest BCUT2D eigenvalue weighted by molar-refractivity contribution is 6.01. The van der Waals surface area contributed by atoms with Gasteiger partial charge in [-0.25, -0.2) is 4.39 Å². The lowest BCUT2D eigenvalue weighted by atomic mass is 9.88. The van der Waals surface area contributed by atoms with E-state index < -0.39 is 41.7 Å². The van der Waals surface area contributed by atoms with Crippen molar-refractivity contribution in [3.8, 4) is 0 Å². The van der Waals surface area contributed by atoms with Crippen molar-refractivity contribution in [2.75, 3.05) is 32.0 Å². The summed E-state index contributed by atoms with van der Waals surface area (Å²) in [7, 11) is 2.00. The third-order valence-electron chi connectivity index (χ3n) is 10.1. The smallest absolute Gasteiger partial charge is 0.270 e. The van der Waals surface area contributed by atoms with Gasteiger partial charge in [0.15, 0.2) is 0 Å². The lowest BCUT2D eigenvalue weighted by Crippen LogP contribution is -2.59. The number of carbonyl (C=O) groups is 4. The van der Waals surface area contributed by atoms with E-state index in [1.165, 1.54) is 12.1 Å². The van der Waals surface area contributed by atoms with Crippen molar-refractivity contribution < 1.29 is 23.6 Å². The van der Waals surface area contributed by atoms with Gasteiger partial charge in [-0.15, -0.1) is 0 Å². The van der Waals surface area contributed by atoms with Gasteiger partial charge in [0.25, 0.3) is 5.91 Å². The Morgan fingerprint density at radius 3 is 2.26 bits per heavy atom. The Morgan fingerprint density at radius 2 is 1.68 bits per heavy atom. The van der Waals surface area contributed by atoms with E-state index in [0.29, 0.717) is 49.3 Å². The predicted molar refractivity (Wildman–Crippen MR) is 176 cm³/mol. The molecule has 5 N–H and O–H groups in total. The van der Waals surface area contributed by atoms with Gasteiger partial charge in [-0.05, 0) is 95.0 Å². The molecule has 1 saturated heterocycles. The third-order valence-corrected chi connectivity index (χ3v) is 10.1. The van der Waals surface area contributed by atoms with Crippen LogP contribution in [0.4, 0.5) is 10.1 Å². The molecule has 1 aliphatic heterocycles. The quantitative estimate of drug-likeness (QED) is 0.259. The summed E-state index contributed by atoms with van der Waals surface area (Å²) < 4.78 is 17.3. The van der Waals surface area contributed by atoms with Crippen LogP contribution in [0.5, 0.6) is 0 Å². The fraction of sp³-hybridized carbons (Fsp3) is 0.618. The molecule has 0 bridgehead atoms. The molecule has 4 amide bonds. The fourth-order valence-corrected chi connectivity index (χ4v) is 6.67. The van der Waals surface area contributed by atoms with E-state index in [1.807, 2.05) is 20.9 Å². The second-order valence-corrected chi connectivity index (χ2v) is 13.6. The first kappa shape index (κ1) is 34.5. The molecule has 13 heteroatoms. The van der Waals surface area contributed by atoms with Crippen molar-refractivity contribution in [3.05, 3.63) is 47.5 Å². The van der Waals surface area contributed by atoms with Crippen LogP contribution in [-0.4, -0.2) is 94.1 Å². The van der Waals surface area contributed by atoms with Crippen molar-refractivity contribution in [2.45, 2.75) is 90.0 Å².